The molecule has 0 spiro atoms. The first-order valence-corrected chi connectivity index (χ1v) is 7.65. The Morgan fingerprint density at radius 1 is 1.28 bits per heavy atom. The topological polar surface area (TPSA) is 24.4 Å². The van der Waals surface area contributed by atoms with Crippen LogP contribution in [-0.4, -0.2) is 12.4 Å². The maximum Gasteiger partial charge on any atom is 0.0968 e. The fourth-order valence-electron chi connectivity index (χ4n) is 2.49. The Hall–Kier alpha value is -0.540. The molecule has 1 N–H and O–H groups in total. The van der Waals surface area contributed by atoms with E-state index in [0.717, 1.165) is 18.9 Å². The molecule has 1 fully saturated rings. The van der Waals surface area contributed by atoms with Gasteiger partial charge < -0.3 is 5.32 Å². The van der Waals surface area contributed by atoms with Crippen LogP contribution in [0, 0.1) is 5.92 Å². The van der Waals surface area contributed by atoms with Crippen molar-refractivity contribution >= 4 is 29.6 Å². The maximum absolute atomic E-state index is 4.69. The Morgan fingerprint density at radius 3 is 2.89 bits per heavy atom. The van der Waals surface area contributed by atoms with Crippen molar-refractivity contribution in [3.63, 3.8) is 0 Å². The monoisotopic (exact) mass is 284 g/mol. The van der Waals surface area contributed by atoms with Gasteiger partial charge >= 0.3 is 0 Å². The lowest BCUT2D eigenvalue weighted by molar-refractivity contribution is 0.572. The summed E-state index contributed by atoms with van der Waals surface area (Å²) in [6.45, 7) is 1.02. The number of nitrogens with one attached hydrogen (secondary N) is 1. The van der Waals surface area contributed by atoms with Gasteiger partial charge in [0.2, 0.25) is 0 Å². The molecule has 3 rings (SSSR count). The first kappa shape index (κ1) is 13.9. The maximum atomic E-state index is 4.69. The molecule has 0 radical (unpaired) electrons. The van der Waals surface area contributed by atoms with E-state index < -0.39 is 0 Å². The first-order valence-electron chi connectivity index (χ1n) is 6.77. The van der Waals surface area contributed by atoms with E-state index in [9.17, 15) is 0 Å². The lowest BCUT2D eigenvalue weighted by Crippen LogP contribution is -2.29. The number of hydrogen-bond donors (Lipinski definition) is 1. The van der Waals surface area contributed by atoms with Gasteiger partial charge in [0.05, 0.1) is 11.9 Å². The molecule has 1 aromatic rings. The van der Waals surface area contributed by atoms with E-state index in [-0.39, 0.29) is 12.4 Å². The van der Waals surface area contributed by atoms with Crippen molar-refractivity contribution in [2.75, 3.05) is 6.54 Å². The summed E-state index contributed by atoms with van der Waals surface area (Å²) in [4.78, 5) is 6.18. The standard InChI is InChI=1S/C14H20N2S.ClH/c1-2-6-13(15-9-3-1)16-14(11-7-8-11)12-5-4-10-17-12;/h4-5,10-11,14H,1-3,6-9H2,(H,15,16);1H. The van der Waals surface area contributed by atoms with Crippen molar-refractivity contribution in [2.24, 2.45) is 10.9 Å². The van der Waals surface area contributed by atoms with Gasteiger partial charge in [-0.15, -0.1) is 23.7 Å². The SMILES string of the molecule is Cl.c1csc(C(NC2=NCCCCC2)C2CC2)c1. The number of rotatable bonds is 3. The van der Waals surface area contributed by atoms with Gasteiger partial charge in [-0.2, -0.15) is 0 Å². The first-order chi connectivity index (χ1) is 8.43. The molecule has 0 bridgehead atoms. The van der Waals surface area contributed by atoms with E-state index in [1.165, 1.54) is 42.8 Å². The largest absolute Gasteiger partial charge is 0.366 e. The molecule has 0 saturated heterocycles. The molecular formula is C14H21ClN2S. The van der Waals surface area contributed by atoms with Gasteiger partial charge in [-0.3, -0.25) is 4.99 Å². The molecule has 2 nitrogen and oxygen atoms in total. The Balaban J connectivity index is 0.00000120. The highest BCUT2D eigenvalue weighted by molar-refractivity contribution is 7.10. The van der Waals surface area contributed by atoms with Crippen LogP contribution in [0.2, 0.25) is 0 Å². The van der Waals surface area contributed by atoms with Crippen molar-refractivity contribution < 1.29 is 0 Å². The molecule has 100 valence electrons. The number of aliphatic imine (C=N–C) groups is 1. The van der Waals surface area contributed by atoms with Gasteiger partial charge in [0.1, 0.15) is 0 Å². The minimum absolute atomic E-state index is 0. The van der Waals surface area contributed by atoms with Gasteiger partial charge in [-0.1, -0.05) is 12.5 Å². The van der Waals surface area contributed by atoms with Crippen molar-refractivity contribution in [1.29, 1.82) is 0 Å². The third-order valence-corrected chi connectivity index (χ3v) is 4.59. The molecule has 4 heteroatoms. The van der Waals surface area contributed by atoms with Crippen LogP contribution in [0.25, 0.3) is 0 Å². The van der Waals surface area contributed by atoms with Crippen LogP contribution < -0.4 is 5.32 Å². The Labute approximate surface area is 119 Å². The number of amidine groups is 1. The van der Waals surface area contributed by atoms with Gasteiger partial charge in [-0.25, -0.2) is 0 Å². The van der Waals surface area contributed by atoms with Crippen LogP contribution in [0.3, 0.4) is 0 Å². The number of hydrogen-bond acceptors (Lipinski definition) is 3. The van der Waals surface area contributed by atoms with Crippen molar-refractivity contribution in [3.8, 4) is 0 Å². The van der Waals surface area contributed by atoms with E-state index >= 15 is 0 Å². The molecule has 0 aromatic carbocycles. The van der Waals surface area contributed by atoms with E-state index in [4.69, 9.17) is 4.99 Å². The van der Waals surface area contributed by atoms with Gasteiger partial charge in [0, 0.05) is 17.8 Å². The Bertz CT molecular complexity index is 385. The summed E-state index contributed by atoms with van der Waals surface area (Å²) in [5.41, 5.74) is 0. The highest BCUT2D eigenvalue weighted by Crippen LogP contribution is 2.42. The van der Waals surface area contributed by atoms with Crippen LogP contribution in [0.15, 0.2) is 22.5 Å². The molecule has 1 aliphatic carbocycles. The molecule has 1 unspecified atom stereocenters. The molecule has 1 aliphatic heterocycles. The van der Waals surface area contributed by atoms with Gasteiger partial charge in [-0.05, 0) is 43.0 Å². The minimum atomic E-state index is 0. The van der Waals surface area contributed by atoms with Crippen LogP contribution in [0.4, 0.5) is 0 Å². The van der Waals surface area contributed by atoms with Crippen LogP contribution in [0.1, 0.15) is 49.4 Å². The van der Waals surface area contributed by atoms with Gasteiger partial charge in [0.25, 0.3) is 0 Å². The Kier molecular flexibility index (Phi) is 5.07. The molecule has 1 saturated carbocycles. The predicted molar refractivity (Wildman–Crippen MR) is 80.9 cm³/mol. The van der Waals surface area contributed by atoms with Gasteiger partial charge in [0.15, 0.2) is 0 Å². The molecule has 2 heterocycles. The van der Waals surface area contributed by atoms with Crippen LogP contribution in [-0.2, 0) is 0 Å². The lowest BCUT2D eigenvalue weighted by atomic mass is 10.1. The number of thiophene rings is 1. The zero-order valence-corrected chi connectivity index (χ0v) is 12.2. The summed E-state index contributed by atoms with van der Waals surface area (Å²) in [7, 11) is 0. The number of nitrogens with zero attached hydrogens (tertiary/aromatic N) is 1. The van der Waals surface area contributed by atoms with E-state index in [0.29, 0.717) is 6.04 Å². The summed E-state index contributed by atoms with van der Waals surface area (Å²) >= 11 is 1.88. The average Bonchev–Trinajstić information content (AvgIpc) is 3.09. The quantitative estimate of drug-likeness (QED) is 0.884. The fourth-order valence-corrected chi connectivity index (χ4v) is 3.36. The molecular weight excluding hydrogens is 264 g/mol. The van der Waals surface area contributed by atoms with Crippen LogP contribution in [0.5, 0.6) is 0 Å². The third-order valence-electron chi connectivity index (χ3n) is 3.64. The highest BCUT2D eigenvalue weighted by Gasteiger charge is 2.33. The Morgan fingerprint density at radius 2 is 2.17 bits per heavy atom. The highest BCUT2D eigenvalue weighted by atomic mass is 35.5. The molecule has 0 amide bonds. The summed E-state index contributed by atoms with van der Waals surface area (Å²) in [6.07, 6.45) is 7.80. The van der Waals surface area contributed by atoms with E-state index in [2.05, 4.69) is 22.8 Å². The minimum Gasteiger partial charge on any atom is -0.366 e. The molecule has 18 heavy (non-hydrogen) atoms. The van der Waals surface area contributed by atoms with E-state index in [1.54, 1.807) is 0 Å². The smallest absolute Gasteiger partial charge is 0.0968 e. The average molecular weight is 285 g/mol. The van der Waals surface area contributed by atoms with Crippen LogP contribution >= 0.6 is 23.7 Å². The summed E-state index contributed by atoms with van der Waals surface area (Å²) in [5.74, 6) is 2.10. The second kappa shape index (κ2) is 6.58. The molecule has 1 atom stereocenters. The second-order valence-corrected chi connectivity index (χ2v) is 6.09. The zero-order valence-electron chi connectivity index (χ0n) is 10.6. The number of halogens is 1. The normalized spacial score (nSPS) is 21.4. The van der Waals surface area contributed by atoms with E-state index in [1.807, 2.05) is 11.3 Å². The third kappa shape index (κ3) is 3.48. The molecule has 2 aliphatic rings. The fraction of sp³-hybridized carbons (Fsp3) is 0.643. The summed E-state index contributed by atoms with van der Waals surface area (Å²) < 4.78 is 0. The van der Waals surface area contributed by atoms with Crippen molar-refractivity contribution in [2.45, 2.75) is 44.6 Å². The van der Waals surface area contributed by atoms with Crippen molar-refractivity contribution in [3.05, 3.63) is 22.4 Å². The zero-order chi connectivity index (χ0) is 11.5. The predicted octanol–water partition coefficient (Wildman–Crippen LogP) is 4.18. The summed E-state index contributed by atoms with van der Waals surface area (Å²) in [5, 5.41) is 5.90. The lowest BCUT2D eigenvalue weighted by Gasteiger charge is -2.19. The molecule has 1 aromatic heterocycles. The van der Waals surface area contributed by atoms with Crippen molar-refractivity contribution in [1.82, 2.24) is 5.32 Å². The summed E-state index contributed by atoms with van der Waals surface area (Å²) in [6, 6.07) is 4.95. The second-order valence-electron chi connectivity index (χ2n) is 5.11.